The Hall–Kier alpha value is -1.85. The van der Waals surface area contributed by atoms with Gasteiger partial charge in [-0.05, 0) is 23.1 Å². The van der Waals surface area contributed by atoms with E-state index in [2.05, 4.69) is 0 Å². The van der Waals surface area contributed by atoms with Crippen molar-refractivity contribution in [3.8, 4) is 0 Å². The summed E-state index contributed by atoms with van der Waals surface area (Å²) >= 11 is 7.57. The minimum absolute atomic E-state index is 0.115. The molecular weight excluding hydrogens is 334 g/mol. The van der Waals surface area contributed by atoms with E-state index in [1.54, 1.807) is 24.0 Å². The second-order valence-corrected chi connectivity index (χ2v) is 6.53. The molecule has 1 unspecified atom stereocenters. The fraction of sp³-hybridized carbons (Fsp3) is 0.294. The molecule has 0 spiro atoms. The summed E-state index contributed by atoms with van der Waals surface area (Å²) in [7, 11) is 1.35. The van der Waals surface area contributed by atoms with Crippen LogP contribution in [0.1, 0.15) is 22.2 Å². The maximum absolute atomic E-state index is 12.7. The highest BCUT2D eigenvalue weighted by Crippen LogP contribution is 2.21. The Morgan fingerprint density at radius 2 is 2.00 bits per heavy atom. The van der Waals surface area contributed by atoms with Gasteiger partial charge >= 0.3 is 5.97 Å². The first kappa shape index (κ1) is 17.5. The van der Waals surface area contributed by atoms with E-state index in [4.69, 9.17) is 16.3 Å². The van der Waals surface area contributed by atoms with Crippen molar-refractivity contribution < 1.29 is 14.3 Å². The van der Waals surface area contributed by atoms with E-state index in [0.717, 1.165) is 5.56 Å². The molecule has 1 heterocycles. The van der Waals surface area contributed by atoms with Gasteiger partial charge in [0.05, 0.1) is 17.9 Å². The summed E-state index contributed by atoms with van der Waals surface area (Å²) in [6.45, 7) is 2.36. The van der Waals surface area contributed by atoms with Crippen molar-refractivity contribution in [2.75, 3.05) is 13.7 Å². The van der Waals surface area contributed by atoms with Crippen LogP contribution in [0.15, 0.2) is 41.8 Å². The van der Waals surface area contributed by atoms with Gasteiger partial charge in [0, 0.05) is 18.1 Å². The number of esters is 1. The summed E-state index contributed by atoms with van der Waals surface area (Å²) in [5.41, 5.74) is 0.844. The molecule has 1 atom stereocenters. The monoisotopic (exact) mass is 351 g/mol. The average Bonchev–Trinajstić information content (AvgIpc) is 3.09. The third-order valence-electron chi connectivity index (χ3n) is 3.44. The maximum Gasteiger partial charge on any atom is 0.310 e. The van der Waals surface area contributed by atoms with Crippen LogP contribution in [-0.4, -0.2) is 30.4 Å². The summed E-state index contributed by atoms with van der Waals surface area (Å²) < 4.78 is 4.76. The Balaban J connectivity index is 2.22. The van der Waals surface area contributed by atoms with Gasteiger partial charge in [0.1, 0.15) is 0 Å². The highest BCUT2D eigenvalue weighted by Gasteiger charge is 2.23. The predicted molar refractivity (Wildman–Crippen MR) is 91.7 cm³/mol. The van der Waals surface area contributed by atoms with Crippen molar-refractivity contribution in [2.24, 2.45) is 5.92 Å². The number of carbonyl (C=O) groups is 2. The van der Waals surface area contributed by atoms with Crippen LogP contribution in [0, 0.1) is 5.92 Å². The number of rotatable bonds is 6. The summed E-state index contributed by atoms with van der Waals surface area (Å²) in [6.07, 6.45) is 0. The number of amides is 1. The van der Waals surface area contributed by atoms with E-state index in [9.17, 15) is 9.59 Å². The van der Waals surface area contributed by atoms with Crippen LogP contribution >= 0.6 is 22.9 Å². The SMILES string of the molecule is COC(=O)C(C)CN(Cc1ccccc1Cl)C(=O)c1cccs1. The topological polar surface area (TPSA) is 46.6 Å². The van der Waals surface area contributed by atoms with Crippen LogP contribution in [0.25, 0.3) is 0 Å². The average molecular weight is 352 g/mol. The Labute approximate surface area is 144 Å². The van der Waals surface area contributed by atoms with Gasteiger partial charge in [-0.15, -0.1) is 11.3 Å². The summed E-state index contributed by atoms with van der Waals surface area (Å²) in [5.74, 6) is -0.866. The van der Waals surface area contributed by atoms with Crippen molar-refractivity contribution in [1.82, 2.24) is 4.90 Å². The van der Waals surface area contributed by atoms with E-state index in [0.29, 0.717) is 16.4 Å². The van der Waals surface area contributed by atoms with Crippen LogP contribution in [0.2, 0.25) is 5.02 Å². The minimum atomic E-state index is -0.411. The van der Waals surface area contributed by atoms with Crippen molar-refractivity contribution in [1.29, 1.82) is 0 Å². The van der Waals surface area contributed by atoms with Crippen LogP contribution in [0.4, 0.5) is 0 Å². The molecule has 6 heteroatoms. The zero-order chi connectivity index (χ0) is 16.8. The number of carbonyl (C=O) groups excluding carboxylic acids is 2. The zero-order valence-electron chi connectivity index (χ0n) is 13.0. The smallest absolute Gasteiger partial charge is 0.310 e. The fourth-order valence-corrected chi connectivity index (χ4v) is 3.10. The molecular formula is C17H18ClNO3S. The van der Waals surface area contributed by atoms with E-state index in [1.165, 1.54) is 18.4 Å². The molecule has 0 N–H and O–H groups in total. The second-order valence-electron chi connectivity index (χ2n) is 5.18. The van der Waals surface area contributed by atoms with Gasteiger partial charge in [0.15, 0.2) is 0 Å². The molecule has 23 heavy (non-hydrogen) atoms. The standard InChI is InChI=1S/C17H18ClNO3S/c1-12(17(21)22-2)10-19(16(20)15-8-5-9-23-15)11-13-6-3-4-7-14(13)18/h3-9,12H,10-11H2,1-2H3. The molecule has 2 rings (SSSR count). The first-order chi connectivity index (χ1) is 11.0. The van der Waals surface area contributed by atoms with Crippen molar-refractivity contribution >= 4 is 34.8 Å². The summed E-state index contributed by atoms with van der Waals surface area (Å²) in [5, 5.41) is 2.45. The lowest BCUT2D eigenvalue weighted by Crippen LogP contribution is -2.36. The largest absolute Gasteiger partial charge is 0.469 e. The lowest BCUT2D eigenvalue weighted by molar-refractivity contribution is -0.145. The quantitative estimate of drug-likeness (QED) is 0.742. The molecule has 0 bridgehead atoms. The molecule has 1 aromatic heterocycles. The predicted octanol–water partition coefficient (Wildman–Crippen LogP) is 3.85. The molecule has 0 aliphatic heterocycles. The number of benzene rings is 1. The van der Waals surface area contributed by atoms with Crippen molar-refractivity contribution in [3.63, 3.8) is 0 Å². The van der Waals surface area contributed by atoms with E-state index >= 15 is 0 Å². The molecule has 0 saturated heterocycles. The van der Waals surface area contributed by atoms with Crippen molar-refractivity contribution in [2.45, 2.75) is 13.5 Å². The van der Waals surface area contributed by atoms with Crippen molar-refractivity contribution in [3.05, 3.63) is 57.2 Å². The minimum Gasteiger partial charge on any atom is -0.469 e. The first-order valence-electron chi connectivity index (χ1n) is 7.17. The summed E-state index contributed by atoms with van der Waals surface area (Å²) in [6, 6.07) is 11.0. The summed E-state index contributed by atoms with van der Waals surface area (Å²) in [4.78, 5) is 26.7. The van der Waals surface area contributed by atoms with Gasteiger partial charge in [-0.2, -0.15) is 0 Å². The number of thiophene rings is 1. The van der Waals surface area contributed by atoms with Gasteiger partial charge < -0.3 is 9.64 Å². The maximum atomic E-state index is 12.7. The first-order valence-corrected chi connectivity index (χ1v) is 8.42. The normalized spacial score (nSPS) is 11.8. The van der Waals surface area contributed by atoms with E-state index < -0.39 is 5.92 Å². The Morgan fingerprint density at radius 3 is 2.61 bits per heavy atom. The van der Waals surface area contributed by atoms with Crippen LogP contribution in [0.3, 0.4) is 0 Å². The second kappa shape index (κ2) is 8.13. The molecule has 4 nitrogen and oxygen atoms in total. The van der Waals surface area contributed by atoms with E-state index in [-0.39, 0.29) is 18.4 Å². The molecule has 0 fully saturated rings. The lowest BCUT2D eigenvalue weighted by Gasteiger charge is -2.25. The van der Waals surface area contributed by atoms with Gasteiger partial charge in [-0.1, -0.05) is 42.8 Å². The lowest BCUT2D eigenvalue weighted by atomic mass is 10.1. The highest BCUT2D eigenvalue weighted by atomic mass is 35.5. The Kier molecular flexibility index (Phi) is 6.19. The molecule has 2 aromatic rings. The molecule has 0 aliphatic rings. The number of halogens is 1. The third-order valence-corrected chi connectivity index (χ3v) is 4.66. The van der Waals surface area contributed by atoms with Gasteiger partial charge in [-0.25, -0.2) is 0 Å². The molecule has 1 amide bonds. The van der Waals surface area contributed by atoms with Crippen LogP contribution in [0.5, 0.6) is 0 Å². The number of hydrogen-bond donors (Lipinski definition) is 0. The molecule has 0 aliphatic carbocycles. The Bertz CT molecular complexity index is 672. The number of nitrogens with zero attached hydrogens (tertiary/aromatic N) is 1. The fourth-order valence-electron chi connectivity index (χ4n) is 2.21. The molecule has 122 valence electrons. The van der Waals surface area contributed by atoms with Gasteiger partial charge in [-0.3, -0.25) is 9.59 Å². The highest BCUT2D eigenvalue weighted by molar-refractivity contribution is 7.12. The zero-order valence-corrected chi connectivity index (χ0v) is 14.6. The van der Waals surface area contributed by atoms with E-state index in [1.807, 2.05) is 29.6 Å². The molecule has 0 radical (unpaired) electrons. The number of hydrogen-bond acceptors (Lipinski definition) is 4. The van der Waals surface area contributed by atoms with Gasteiger partial charge in [0.25, 0.3) is 5.91 Å². The number of ether oxygens (including phenoxy) is 1. The molecule has 1 aromatic carbocycles. The number of methoxy groups -OCH3 is 1. The molecule has 0 saturated carbocycles. The third kappa shape index (κ3) is 4.56. The van der Waals surface area contributed by atoms with Crippen LogP contribution < -0.4 is 0 Å². The van der Waals surface area contributed by atoms with Crippen LogP contribution in [-0.2, 0) is 16.1 Å². The Morgan fingerprint density at radius 1 is 1.26 bits per heavy atom. The van der Waals surface area contributed by atoms with Gasteiger partial charge in [0.2, 0.25) is 0 Å².